The van der Waals surface area contributed by atoms with E-state index in [0.29, 0.717) is 17.5 Å². The molecule has 1 aromatic rings. The van der Waals surface area contributed by atoms with Gasteiger partial charge in [0.25, 0.3) is 0 Å². The summed E-state index contributed by atoms with van der Waals surface area (Å²) in [6, 6.07) is 2.34. The third kappa shape index (κ3) is 3.92. The molecular formula is C12H18BrN3S. The highest BCUT2D eigenvalue weighted by atomic mass is 79.9. The fourth-order valence-electron chi connectivity index (χ4n) is 1.57. The molecule has 1 aromatic heterocycles. The number of hydrogen-bond donors (Lipinski definition) is 1. The number of aromatic nitrogens is 1. The van der Waals surface area contributed by atoms with Gasteiger partial charge in [0.2, 0.25) is 0 Å². The minimum Gasteiger partial charge on any atom is -0.393 e. The van der Waals surface area contributed by atoms with Gasteiger partial charge in [-0.25, -0.2) is 4.98 Å². The highest BCUT2D eigenvalue weighted by Gasteiger charge is 2.16. The number of nitrogens with zero attached hydrogens (tertiary/aromatic N) is 2. The second kappa shape index (κ2) is 6.31. The van der Waals surface area contributed by atoms with E-state index in [4.69, 9.17) is 18.0 Å². The third-order valence-electron chi connectivity index (χ3n) is 2.56. The summed E-state index contributed by atoms with van der Waals surface area (Å²) in [5.74, 6) is 0.955. The number of thiocarbonyl (C=S) groups is 1. The van der Waals surface area contributed by atoms with Crippen LogP contribution in [-0.4, -0.2) is 22.6 Å². The molecule has 1 rings (SSSR count). The summed E-state index contributed by atoms with van der Waals surface area (Å²) in [6.45, 7) is 7.12. The molecule has 0 amide bonds. The zero-order valence-electron chi connectivity index (χ0n) is 10.4. The molecule has 0 fully saturated rings. The molecule has 17 heavy (non-hydrogen) atoms. The van der Waals surface area contributed by atoms with Gasteiger partial charge in [-0.05, 0) is 48.3 Å². The largest absolute Gasteiger partial charge is 0.393 e. The van der Waals surface area contributed by atoms with Gasteiger partial charge in [0.15, 0.2) is 0 Å². The van der Waals surface area contributed by atoms with Crippen LogP contribution in [0.25, 0.3) is 0 Å². The van der Waals surface area contributed by atoms with E-state index in [1.807, 2.05) is 12.3 Å². The Morgan fingerprint density at radius 2 is 2.24 bits per heavy atom. The molecule has 5 heteroatoms. The van der Waals surface area contributed by atoms with Crippen LogP contribution < -0.4 is 10.6 Å². The number of aryl methyl sites for hydroxylation is 1. The average Bonchev–Trinajstić information content (AvgIpc) is 2.23. The topological polar surface area (TPSA) is 42.2 Å². The number of nitrogens with two attached hydrogens (primary N) is 1. The molecule has 0 aliphatic heterocycles. The molecule has 0 bridgehead atoms. The molecule has 1 heterocycles. The SMILES string of the molecule is Cc1ccnc(N(CCC(N)=S)C(C)C)c1Br. The zero-order chi connectivity index (χ0) is 13.0. The fourth-order valence-corrected chi connectivity index (χ4v) is 2.12. The number of hydrogen-bond acceptors (Lipinski definition) is 3. The molecule has 0 atom stereocenters. The zero-order valence-corrected chi connectivity index (χ0v) is 12.8. The van der Waals surface area contributed by atoms with Crippen LogP contribution in [0.5, 0.6) is 0 Å². The van der Waals surface area contributed by atoms with E-state index in [-0.39, 0.29) is 0 Å². The van der Waals surface area contributed by atoms with Crippen LogP contribution in [0.15, 0.2) is 16.7 Å². The first-order valence-electron chi connectivity index (χ1n) is 5.59. The predicted octanol–water partition coefficient (Wildman–Crippen LogP) is 3.04. The van der Waals surface area contributed by atoms with E-state index in [9.17, 15) is 0 Å². The summed E-state index contributed by atoms with van der Waals surface area (Å²) < 4.78 is 1.04. The normalized spacial score (nSPS) is 10.6. The van der Waals surface area contributed by atoms with Crippen molar-refractivity contribution in [3.8, 4) is 0 Å². The Bertz CT molecular complexity index is 407. The Balaban J connectivity index is 2.97. The quantitative estimate of drug-likeness (QED) is 0.848. The average molecular weight is 316 g/mol. The number of rotatable bonds is 5. The molecule has 0 radical (unpaired) electrons. The van der Waals surface area contributed by atoms with Crippen molar-refractivity contribution in [2.75, 3.05) is 11.4 Å². The summed E-state index contributed by atoms with van der Waals surface area (Å²) in [6.07, 6.45) is 2.53. The number of anilines is 1. The molecule has 0 spiro atoms. The second-order valence-electron chi connectivity index (χ2n) is 4.27. The van der Waals surface area contributed by atoms with Gasteiger partial charge in [0, 0.05) is 25.2 Å². The number of halogens is 1. The maximum atomic E-state index is 5.56. The van der Waals surface area contributed by atoms with Crippen molar-refractivity contribution < 1.29 is 0 Å². The summed E-state index contributed by atoms with van der Waals surface area (Å²) in [5, 5.41) is 0. The van der Waals surface area contributed by atoms with Crippen molar-refractivity contribution in [2.24, 2.45) is 5.73 Å². The maximum Gasteiger partial charge on any atom is 0.143 e. The lowest BCUT2D eigenvalue weighted by Gasteiger charge is -2.29. The summed E-state index contributed by atoms with van der Waals surface area (Å²) in [5.41, 5.74) is 6.74. The van der Waals surface area contributed by atoms with Crippen molar-refractivity contribution in [1.29, 1.82) is 0 Å². The second-order valence-corrected chi connectivity index (χ2v) is 5.59. The molecule has 2 N–H and O–H groups in total. The fraction of sp³-hybridized carbons (Fsp3) is 0.500. The molecule has 0 aromatic carbocycles. The molecule has 0 unspecified atom stereocenters. The molecule has 94 valence electrons. The lowest BCUT2D eigenvalue weighted by Crippen LogP contribution is -2.34. The van der Waals surface area contributed by atoms with Crippen LogP contribution >= 0.6 is 28.1 Å². The molecule has 3 nitrogen and oxygen atoms in total. The predicted molar refractivity (Wildman–Crippen MR) is 80.6 cm³/mol. The van der Waals surface area contributed by atoms with Crippen molar-refractivity contribution in [3.05, 3.63) is 22.3 Å². The van der Waals surface area contributed by atoms with Crippen molar-refractivity contribution in [3.63, 3.8) is 0 Å². The van der Waals surface area contributed by atoms with E-state index in [1.54, 1.807) is 0 Å². The molecule has 0 saturated heterocycles. The number of pyridine rings is 1. The van der Waals surface area contributed by atoms with Crippen LogP contribution in [0.3, 0.4) is 0 Å². The Hall–Kier alpha value is -0.680. The minimum absolute atomic E-state index is 0.356. The first-order chi connectivity index (χ1) is 7.93. The lowest BCUT2D eigenvalue weighted by molar-refractivity contribution is 0.679. The Morgan fingerprint density at radius 3 is 2.76 bits per heavy atom. The van der Waals surface area contributed by atoms with Gasteiger partial charge in [-0.3, -0.25) is 0 Å². The Labute approximate surface area is 117 Å². The van der Waals surface area contributed by atoms with Gasteiger partial charge in [-0.2, -0.15) is 0 Å². The van der Waals surface area contributed by atoms with Crippen molar-refractivity contribution in [2.45, 2.75) is 33.2 Å². The minimum atomic E-state index is 0.356. The maximum absolute atomic E-state index is 5.56. The van der Waals surface area contributed by atoms with Crippen LogP contribution in [0.2, 0.25) is 0 Å². The van der Waals surface area contributed by atoms with E-state index >= 15 is 0 Å². The van der Waals surface area contributed by atoms with Crippen LogP contribution in [0, 0.1) is 6.92 Å². The van der Waals surface area contributed by atoms with Crippen LogP contribution in [-0.2, 0) is 0 Å². The van der Waals surface area contributed by atoms with E-state index < -0.39 is 0 Å². The van der Waals surface area contributed by atoms with E-state index in [1.165, 1.54) is 5.56 Å². The van der Waals surface area contributed by atoms with Gasteiger partial charge >= 0.3 is 0 Å². The highest BCUT2D eigenvalue weighted by molar-refractivity contribution is 9.10. The first kappa shape index (κ1) is 14.4. The van der Waals surface area contributed by atoms with E-state index in [0.717, 1.165) is 16.8 Å². The van der Waals surface area contributed by atoms with Gasteiger partial charge in [0.1, 0.15) is 5.82 Å². The molecule has 0 saturated carbocycles. The summed E-state index contributed by atoms with van der Waals surface area (Å²) in [7, 11) is 0. The highest BCUT2D eigenvalue weighted by Crippen LogP contribution is 2.28. The van der Waals surface area contributed by atoms with E-state index in [2.05, 4.69) is 46.6 Å². The smallest absolute Gasteiger partial charge is 0.143 e. The third-order valence-corrected chi connectivity index (χ3v) is 3.74. The molecule has 0 aliphatic carbocycles. The summed E-state index contributed by atoms with van der Waals surface area (Å²) in [4.78, 5) is 7.18. The lowest BCUT2D eigenvalue weighted by atomic mass is 10.2. The van der Waals surface area contributed by atoms with Crippen LogP contribution in [0.1, 0.15) is 25.8 Å². The molecular weight excluding hydrogens is 298 g/mol. The first-order valence-corrected chi connectivity index (χ1v) is 6.79. The Kier molecular flexibility index (Phi) is 5.33. The monoisotopic (exact) mass is 315 g/mol. The van der Waals surface area contributed by atoms with Gasteiger partial charge in [0.05, 0.1) is 9.46 Å². The summed E-state index contributed by atoms with van der Waals surface area (Å²) >= 11 is 8.52. The molecule has 0 aliphatic rings. The van der Waals surface area contributed by atoms with Gasteiger partial charge in [-0.1, -0.05) is 12.2 Å². The van der Waals surface area contributed by atoms with Gasteiger partial charge in [-0.15, -0.1) is 0 Å². The van der Waals surface area contributed by atoms with Gasteiger partial charge < -0.3 is 10.6 Å². The van der Waals surface area contributed by atoms with Crippen molar-refractivity contribution >= 4 is 39.0 Å². The Morgan fingerprint density at radius 1 is 1.59 bits per heavy atom. The van der Waals surface area contributed by atoms with Crippen molar-refractivity contribution in [1.82, 2.24) is 4.98 Å². The van der Waals surface area contributed by atoms with Crippen LogP contribution in [0.4, 0.5) is 5.82 Å². The standard InChI is InChI=1S/C12H18BrN3S/c1-8(2)16(7-5-10(14)17)12-11(13)9(3)4-6-15-12/h4,6,8H,5,7H2,1-3H3,(H2,14,17).